The molecule has 3 aliphatic heterocycles. The molecule has 3 saturated heterocycles. The zero-order valence-corrected chi connectivity index (χ0v) is 17.9. The second-order valence-electron chi connectivity index (χ2n) is 8.07. The lowest BCUT2D eigenvalue weighted by molar-refractivity contribution is -0.125. The fourth-order valence-corrected chi connectivity index (χ4v) is 5.88. The van der Waals surface area contributed by atoms with Crippen LogP contribution in [-0.4, -0.2) is 71.2 Å². The Morgan fingerprint density at radius 2 is 2.23 bits per heavy atom. The summed E-state index contributed by atoms with van der Waals surface area (Å²) < 4.78 is 6.47. The number of fused-ring (bicyclic) bond motifs is 2. The third kappa shape index (κ3) is 4.07. The van der Waals surface area contributed by atoms with Gasteiger partial charge in [0.1, 0.15) is 17.0 Å². The van der Waals surface area contributed by atoms with E-state index >= 15 is 0 Å². The van der Waals surface area contributed by atoms with Crippen molar-refractivity contribution in [1.82, 2.24) is 20.6 Å². The number of thiophene rings is 1. The van der Waals surface area contributed by atoms with Gasteiger partial charge in [-0.1, -0.05) is 0 Å². The first kappa shape index (κ1) is 21.4. The van der Waals surface area contributed by atoms with Crippen molar-refractivity contribution in [1.29, 1.82) is 0 Å². The van der Waals surface area contributed by atoms with Crippen molar-refractivity contribution in [2.75, 3.05) is 31.1 Å². The quantitative estimate of drug-likeness (QED) is 0.568. The van der Waals surface area contributed by atoms with Gasteiger partial charge in [0, 0.05) is 38.4 Å². The van der Waals surface area contributed by atoms with Gasteiger partial charge >= 0.3 is 0 Å². The van der Waals surface area contributed by atoms with Gasteiger partial charge in [-0.05, 0) is 24.3 Å². The van der Waals surface area contributed by atoms with Crippen LogP contribution in [0.2, 0.25) is 0 Å². The van der Waals surface area contributed by atoms with Gasteiger partial charge in [-0.3, -0.25) is 14.4 Å². The first-order valence-corrected chi connectivity index (χ1v) is 11.1. The number of carbonyl (C=O) groups is 3. The van der Waals surface area contributed by atoms with E-state index in [4.69, 9.17) is 14.6 Å². The van der Waals surface area contributed by atoms with E-state index < -0.39 is 0 Å². The smallest absolute Gasteiger partial charge is 0.290 e. The molecule has 0 aromatic carbocycles. The van der Waals surface area contributed by atoms with E-state index in [0.29, 0.717) is 18.4 Å². The normalized spacial score (nSPS) is 28.0. The van der Waals surface area contributed by atoms with Gasteiger partial charge in [-0.25, -0.2) is 9.97 Å². The highest BCUT2D eigenvalue weighted by Crippen LogP contribution is 2.55. The lowest BCUT2D eigenvalue weighted by Crippen LogP contribution is -2.44. The third-order valence-electron chi connectivity index (χ3n) is 6.36. The van der Waals surface area contributed by atoms with Crippen molar-refractivity contribution in [2.45, 2.75) is 31.5 Å². The number of anilines is 1. The summed E-state index contributed by atoms with van der Waals surface area (Å²) in [5.41, 5.74) is -0.134. The molecule has 2 amide bonds. The van der Waals surface area contributed by atoms with Crippen LogP contribution in [0, 0.1) is 11.8 Å². The summed E-state index contributed by atoms with van der Waals surface area (Å²) in [4.78, 5) is 43.6. The maximum Gasteiger partial charge on any atom is 0.290 e. The number of carboxylic acid groups (broad SMARTS) is 1. The molecular formula is C20H25N5O5S. The number of carbonyl (C=O) groups excluding carboxylic acids is 2. The summed E-state index contributed by atoms with van der Waals surface area (Å²) in [5.74, 6) is 1.29. The standard InChI is InChI=1S/C19H23N5O3S.CH2O2/c1-11(25)20-7-16(26)21-6-13-14-8-24(9-19(14)4-2-15(13)27-19)17-12-3-5-28-18(12)23-10-22-17;2-1-3/h3,5,10,13-15H,2,4,6-9H2,1H3,(H,20,25)(H,21,26);1H,(H,2,3)/t13-,14+,15+,19+;/m0./s1. The zero-order chi connectivity index (χ0) is 22.0. The minimum Gasteiger partial charge on any atom is -0.483 e. The molecule has 5 heterocycles. The first-order valence-electron chi connectivity index (χ1n) is 10.2. The molecule has 2 bridgehead atoms. The average molecular weight is 448 g/mol. The summed E-state index contributed by atoms with van der Waals surface area (Å²) in [6, 6.07) is 2.08. The van der Waals surface area contributed by atoms with Gasteiger partial charge in [-0.2, -0.15) is 0 Å². The number of hydrogen-bond donors (Lipinski definition) is 3. The maximum absolute atomic E-state index is 12.0. The van der Waals surface area contributed by atoms with E-state index in [2.05, 4.69) is 31.6 Å². The lowest BCUT2D eigenvalue weighted by atomic mass is 9.73. The predicted molar refractivity (Wildman–Crippen MR) is 114 cm³/mol. The van der Waals surface area contributed by atoms with Gasteiger partial charge in [-0.15, -0.1) is 11.3 Å². The van der Waals surface area contributed by atoms with Crippen LogP contribution >= 0.6 is 11.3 Å². The predicted octanol–water partition coefficient (Wildman–Crippen LogP) is 0.628. The molecule has 31 heavy (non-hydrogen) atoms. The van der Waals surface area contributed by atoms with E-state index in [1.807, 2.05) is 5.38 Å². The Kier molecular flexibility index (Phi) is 6.05. The van der Waals surface area contributed by atoms with Crippen molar-refractivity contribution in [3.63, 3.8) is 0 Å². The molecule has 10 nitrogen and oxygen atoms in total. The van der Waals surface area contributed by atoms with Crippen LogP contribution in [0.4, 0.5) is 5.82 Å². The van der Waals surface area contributed by atoms with Crippen molar-refractivity contribution < 1.29 is 24.2 Å². The van der Waals surface area contributed by atoms with Crippen molar-refractivity contribution >= 4 is 45.7 Å². The lowest BCUT2D eigenvalue weighted by Gasteiger charge is -2.29. The number of ether oxygens (including phenoxy) is 1. The minimum atomic E-state index is -0.250. The second kappa shape index (κ2) is 8.75. The third-order valence-corrected chi connectivity index (χ3v) is 7.18. The Labute approximate surface area is 183 Å². The maximum atomic E-state index is 12.0. The number of nitrogens with zero attached hydrogens (tertiary/aromatic N) is 3. The number of nitrogens with one attached hydrogen (secondary N) is 2. The summed E-state index contributed by atoms with van der Waals surface area (Å²) in [6.07, 6.45) is 3.94. The van der Waals surface area contributed by atoms with E-state index in [0.717, 1.165) is 42.0 Å². The van der Waals surface area contributed by atoms with Crippen molar-refractivity contribution in [3.05, 3.63) is 17.8 Å². The van der Waals surface area contributed by atoms with Gasteiger partial charge in [0.05, 0.1) is 23.6 Å². The second-order valence-corrected chi connectivity index (χ2v) is 8.96. The van der Waals surface area contributed by atoms with Gasteiger partial charge < -0.3 is 25.4 Å². The fourth-order valence-electron chi connectivity index (χ4n) is 5.15. The Balaban J connectivity index is 0.000000730. The van der Waals surface area contributed by atoms with Crippen molar-refractivity contribution in [2.24, 2.45) is 11.8 Å². The highest BCUT2D eigenvalue weighted by atomic mass is 32.1. The summed E-state index contributed by atoms with van der Waals surface area (Å²) in [7, 11) is 0. The van der Waals surface area contributed by atoms with Gasteiger partial charge in [0.25, 0.3) is 6.47 Å². The van der Waals surface area contributed by atoms with Crippen LogP contribution in [0.15, 0.2) is 17.8 Å². The van der Waals surface area contributed by atoms with Crippen LogP contribution in [-0.2, 0) is 19.1 Å². The molecule has 0 aliphatic carbocycles. The average Bonchev–Trinajstić information content (AvgIpc) is 3.50. The van der Waals surface area contributed by atoms with Crippen molar-refractivity contribution in [3.8, 4) is 0 Å². The molecule has 3 N–H and O–H groups in total. The molecule has 166 valence electrons. The SMILES string of the molecule is CC(=O)NCC(=O)NC[C@H]1[C@H]2CN(c3ncnc4sccc34)C[C@]23CC[C@H]1O3.O=CO. The number of aromatic nitrogens is 2. The molecule has 0 unspecified atom stereocenters. The molecule has 3 aliphatic rings. The zero-order valence-electron chi connectivity index (χ0n) is 17.1. The van der Waals surface area contributed by atoms with E-state index in [1.54, 1.807) is 17.7 Å². The summed E-state index contributed by atoms with van der Waals surface area (Å²) >= 11 is 1.63. The Hall–Kier alpha value is -2.79. The monoisotopic (exact) mass is 447 g/mol. The molecule has 2 aromatic rings. The fraction of sp³-hybridized carbons (Fsp3) is 0.550. The Bertz CT molecular complexity index is 984. The van der Waals surface area contributed by atoms with Crippen LogP contribution in [0.25, 0.3) is 10.2 Å². The minimum absolute atomic E-state index is 0.0204. The highest BCUT2D eigenvalue weighted by Gasteiger charge is 2.63. The summed E-state index contributed by atoms with van der Waals surface area (Å²) in [6.45, 7) is 3.48. The molecule has 1 spiro atoms. The molecule has 0 saturated carbocycles. The topological polar surface area (TPSA) is 134 Å². The van der Waals surface area contributed by atoms with Gasteiger partial charge in [0.2, 0.25) is 11.8 Å². The number of hydrogen-bond acceptors (Lipinski definition) is 8. The van der Waals surface area contributed by atoms with Gasteiger partial charge in [0.15, 0.2) is 0 Å². The van der Waals surface area contributed by atoms with E-state index in [9.17, 15) is 9.59 Å². The first-order chi connectivity index (χ1) is 15.0. The largest absolute Gasteiger partial charge is 0.483 e. The molecule has 5 rings (SSSR count). The Morgan fingerprint density at radius 1 is 1.42 bits per heavy atom. The number of amides is 2. The molecule has 2 aromatic heterocycles. The molecule has 11 heteroatoms. The highest BCUT2D eigenvalue weighted by molar-refractivity contribution is 7.16. The molecule has 0 radical (unpaired) electrons. The molecule has 3 fully saturated rings. The number of rotatable bonds is 5. The van der Waals surface area contributed by atoms with E-state index in [-0.39, 0.29) is 36.5 Å². The molecule has 4 atom stereocenters. The van der Waals surface area contributed by atoms with Crippen LogP contribution in [0.1, 0.15) is 19.8 Å². The molecular weight excluding hydrogens is 422 g/mol. The summed E-state index contributed by atoms with van der Waals surface area (Å²) in [5, 5.41) is 15.6. The Morgan fingerprint density at radius 3 is 3.00 bits per heavy atom. The van der Waals surface area contributed by atoms with Crippen LogP contribution < -0.4 is 15.5 Å². The van der Waals surface area contributed by atoms with Crippen LogP contribution in [0.5, 0.6) is 0 Å². The van der Waals surface area contributed by atoms with Crippen LogP contribution in [0.3, 0.4) is 0 Å². The van der Waals surface area contributed by atoms with E-state index in [1.165, 1.54) is 6.92 Å².